The van der Waals surface area contributed by atoms with Crippen molar-refractivity contribution in [3.8, 4) is 0 Å². The van der Waals surface area contributed by atoms with Crippen molar-refractivity contribution in [3.63, 3.8) is 0 Å². The largest absolute Gasteiger partial charge is 0.308 e. The number of hydrogen-bond donors (Lipinski definition) is 0. The standard InChI is InChI=1S/C14H13NO2/c1-11-5-7-12(8-6-11)13(16)10-15-9-3-2-4-14(15)17/h2-9H,10H2,1H3. The van der Waals surface area contributed by atoms with E-state index in [4.69, 9.17) is 0 Å². The van der Waals surface area contributed by atoms with Gasteiger partial charge in [-0.1, -0.05) is 35.9 Å². The summed E-state index contributed by atoms with van der Waals surface area (Å²) in [6.45, 7) is 2.05. The van der Waals surface area contributed by atoms with Crippen molar-refractivity contribution in [3.05, 3.63) is 70.1 Å². The number of aryl methyl sites for hydroxylation is 1. The molecule has 0 fully saturated rings. The molecule has 0 aliphatic rings. The second kappa shape index (κ2) is 4.78. The Hall–Kier alpha value is -2.16. The highest BCUT2D eigenvalue weighted by Gasteiger charge is 2.06. The van der Waals surface area contributed by atoms with E-state index in [1.165, 1.54) is 10.6 Å². The quantitative estimate of drug-likeness (QED) is 0.753. The van der Waals surface area contributed by atoms with Crippen molar-refractivity contribution in [2.75, 3.05) is 0 Å². The lowest BCUT2D eigenvalue weighted by Gasteiger charge is -2.04. The fourth-order valence-electron chi connectivity index (χ4n) is 1.58. The number of ketones is 1. The van der Waals surface area contributed by atoms with E-state index in [-0.39, 0.29) is 17.9 Å². The van der Waals surface area contributed by atoms with Crippen LogP contribution in [-0.4, -0.2) is 10.4 Å². The molecule has 0 N–H and O–H groups in total. The molecule has 0 saturated carbocycles. The summed E-state index contributed by atoms with van der Waals surface area (Å²) in [5, 5.41) is 0. The van der Waals surface area contributed by atoms with Crippen molar-refractivity contribution in [1.29, 1.82) is 0 Å². The lowest BCUT2D eigenvalue weighted by molar-refractivity contribution is 0.0971. The van der Waals surface area contributed by atoms with Gasteiger partial charge in [-0.15, -0.1) is 0 Å². The van der Waals surface area contributed by atoms with Crippen LogP contribution in [0.25, 0.3) is 0 Å². The third-order valence-electron chi connectivity index (χ3n) is 2.59. The Bertz CT molecular complexity index is 582. The minimum Gasteiger partial charge on any atom is -0.308 e. The second-order valence-corrected chi connectivity index (χ2v) is 3.96. The molecule has 0 radical (unpaired) electrons. The summed E-state index contributed by atoms with van der Waals surface area (Å²) >= 11 is 0. The highest BCUT2D eigenvalue weighted by molar-refractivity contribution is 5.95. The van der Waals surface area contributed by atoms with E-state index in [0.29, 0.717) is 5.56 Å². The fraction of sp³-hybridized carbons (Fsp3) is 0.143. The van der Waals surface area contributed by atoms with Crippen molar-refractivity contribution >= 4 is 5.78 Å². The Morgan fingerprint density at radius 2 is 1.82 bits per heavy atom. The molecule has 2 rings (SSSR count). The maximum atomic E-state index is 11.9. The van der Waals surface area contributed by atoms with Crippen LogP contribution in [0.2, 0.25) is 0 Å². The van der Waals surface area contributed by atoms with Gasteiger partial charge in [-0.05, 0) is 13.0 Å². The monoisotopic (exact) mass is 227 g/mol. The van der Waals surface area contributed by atoms with Gasteiger partial charge in [-0.2, -0.15) is 0 Å². The molecule has 2 aromatic rings. The summed E-state index contributed by atoms with van der Waals surface area (Å²) in [7, 11) is 0. The van der Waals surface area contributed by atoms with Gasteiger partial charge >= 0.3 is 0 Å². The van der Waals surface area contributed by atoms with Crippen LogP contribution in [0.5, 0.6) is 0 Å². The van der Waals surface area contributed by atoms with Gasteiger partial charge in [-0.25, -0.2) is 0 Å². The number of aromatic nitrogens is 1. The van der Waals surface area contributed by atoms with Gasteiger partial charge in [0.15, 0.2) is 5.78 Å². The smallest absolute Gasteiger partial charge is 0.250 e. The van der Waals surface area contributed by atoms with Crippen LogP contribution in [0.1, 0.15) is 15.9 Å². The number of rotatable bonds is 3. The summed E-state index contributed by atoms with van der Waals surface area (Å²) in [6.07, 6.45) is 1.62. The maximum absolute atomic E-state index is 11.9. The molecule has 3 heteroatoms. The third-order valence-corrected chi connectivity index (χ3v) is 2.59. The SMILES string of the molecule is Cc1ccc(C(=O)Cn2ccccc2=O)cc1. The van der Waals surface area contributed by atoms with Crippen molar-refractivity contribution < 1.29 is 4.79 Å². The van der Waals surface area contributed by atoms with Crippen LogP contribution in [0.4, 0.5) is 0 Å². The summed E-state index contributed by atoms with van der Waals surface area (Å²) in [5.74, 6) is -0.0571. The molecule has 1 aromatic heterocycles. The number of nitrogens with zero attached hydrogens (tertiary/aromatic N) is 1. The topological polar surface area (TPSA) is 39.1 Å². The molecule has 86 valence electrons. The van der Waals surface area contributed by atoms with Gasteiger partial charge in [-0.3, -0.25) is 9.59 Å². The molecular weight excluding hydrogens is 214 g/mol. The molecule has 0 amide bonds. The van der Waals surface area contributed by atoms with Gasteiger partial charge in [0, 0.05) is 17.8 Å². The van der Waals surface area contributed by atoms with Gasteiger partial charge in [0.1, 0.15) is 0 Å². The first-order valence-corrected chi connectivity index (χ1v) is 5.42. The minimum atomic E-state index is -0.159. The molecule has 0 aliphatic heterocycles. The predicted molar refractivity (Wildman–Crippen MR) is 66.2 cm³/mol. The molecule has 17 heavy (non-hydrogen) atoms. The van der Waals surface area contributed by atoms with Crippen LogP contribution in [0.3, 0.4) is 0 Å². The third kappa shape index (κ3) is 2.69. The van der Waals surface area contributed by atoms with Crippen LogP contribution in [-0.2, 0) is 6.54 Å². The van der Waals surface area contributed by atoms with Gasteiger partial charge in [0.2, 0.25) is 0 Å². The Kier molecular flexibility index (Phi) is 3.19. The molecule has 1 heterocycles. The number of carbonyl (C=O) groups excluding carboxylic acids is 1. The van der Waals surface area contributed by atoms with Crippen LogP contribution < -0.4 is 5.56 Å². The molecule has 0 spiro atoms. The molecule has 0 aliphatic carbocycles. The molecule has 0 saturated heterocycles. The average molecular weight is 227 g/mol. The summed E-state index contributed by atoms with van der Waals surface area (Å²) in [6, 6.07) is 12.2. The van der Waals surface area contributed by atoms with Gasteiger partial charge < -0.3 is 4.57 Å². The number of pyridine rings is 1. The van der Waals surface area contributed by atoms with Gasteiger partial charge in [0.25, 0.3) is 5.56 Å². The number of benzene rings is 1. The summed E-state index contributed by atoms with van der Waals surface area (Å²) in [4.78, 5) is 23.4. The van der Waals surface area contributed by atoms with Gasteiger partial charge in [0.05, 0.1) is 6.54 Å². The molecule has 3 nitrogen and oxygen atoms in total. The zero-order valence-corrected chi connectivity index (χ0v) is 9.59. The molecular formula is C14H13NO2. The van der Waals surface area contributed by atoms with Crippen LogP contribution in [0.15, 0.2) is 53.5 Å². The van der Waals surface area contributed by atoms with Crippen molar-refractivity contribution in [1.82, 2.24) is 4.57 Å². The average Bonchev–Trinajstić information content (AvgIpc) is 2.33. The summed E-state index contributed by atoms with van der Waals surface area (Å²) in [5.41, 5.74) is 1.58. The van der Waals surface area contributed by atoms with E-state index in [9.17, 15) is 9.59 Å². The van der Waals surface area contributed by atoms with Crippen molar-refractivity contribution in [2.45, 2.75) is 13.5 Å². The van der Waals surface area contributed by atoms with E-state index in [1.807, 2.05) is 19.1 Å². The first-order chi connectivity index (χ1) is 8.16. The maximum Gasteiger partial charge on any atom is 0.250 e. The molecule has 0 atom stereocenters. The Labute approximate surface area is 99.3 Å². The zero-order chi connectivity index (χ0) is 12.3. The van der Waals surface area contributed by atoms with E-state index in [1.54, 1.807) is 30.5 Å². The predicted octanol–water partition coefficient (Wildman–Crippen LogP) is 2.04. The normalized spacial score (nSPS) is 10.2. The molecule has 0 unspecified atom stereocenters. The van der Waals surface area contributed by atoms with Crippen molar-refractivity contribution in [2.24, 2.45) is 0 Å². The number of carbonyl (C=O) groups is 1. The first kappa shape index (κ1) is 11.3. The Morgan fingerprint density at radius 1 is 1.12 bits per heavy atom. The second-order valence-electron chi connectivity index (χ2n) is 3.96. The fourth-order valence-corrected chi connectivity index (χ4v) is 1.58. The number of Topliss-reactive ketones (excluding diaryl/α,β-unsaturated/α-hetero) is 1. The lowest BCUT2D eigenvalue weighted by Crippen LogP contribution is -2.22. The molecule has 1 aromatic carbocycles. The van der Waals surface area contributed by atoms with Crippen LogP contribution >= 0.6 is 0 Å². The highest BCUT2D eigenvalue weighted by atomic mass is 16.1. The van der Waals surface area contributed by atoms with E-state index in [0.717, 1.165) is 5.56 Å². The summed E-state index contributed by atoms with van der Waals surface area (Å²) < 4.78 is 1.40. The first-order valence-electron chi connectivity index (χ1n) is 5.42. The van der Waals surface area contributed by atoms with Crippen LogP contribution in [0, 0.1) is 6.92 Å². The highest BCUT2D eigenvalue weighted by Crippen LogP contribution is 2.04. The van der Waals surface area contributed by atoms with E-state index in [2.05, 4.69) is 0 Å². The van der Waals surface area contributed by atoms with E-state index < -0.39 is 0 Å². The molecule has 0 bridgehead atoms. The lowest BCUT2D eigenvalue weighted by atomic mass is 10.1. The zero-order valence-electron chi connectivity index (χ0n) is 9.59. The van der Waals surface area contributed by atoms with E-state index >= 15 is 0 Å². The number of hydrogen-bond acceptors (Lipinski definition) is 2. The Morgan fingerprint density at radius 3 is 2.47 bits per heavy atom. The Balaban J connectivity index is 2.20. The minimum absolute atomic E-state index is 0.0571.